The zero-order valence-electron chi connectivity index (χ0n) is 12.2. The number of piperidine rings is 1. The van der Waals surface area contributed by atoms with Crippen molar-refractivity contribution >= 4 is 22.2 Å². The quantitative estimate of drug-likeness (QED) is 0.724. The Morgan fingerprint density at radius 3 is 2.55 bits per heavy atom. The van der Waals surface area contributed by atoms with E-state index in [2.05, 4.69) is 23.3 Å². The van der Waals surface area contributed by atoms with E-state index < -0.39 is 0 Å². The maximum Gasteiger partial charge on any atom is 0.274 e. The summed E-state index contributed by atoms with van der Waals surface area (Å²) in [7, 11) is 0. The lowest BCUT2D eigenvalue weighted by atomic mass is 10.1. The Morgan fingerprint density at radius 2 is 1.82 bits per heavy atom. The summed E-state index contributed by atoms with van der Waals surface area (Å²) < 4.78 is 1.96. The Kier molecular flexibility index (Phi) is 3.42. The van der Waals surface area contributed by atoms with Gasteiger partial charge in [-0.3, -0.25) is 9.20 Å². The van der Waals surface area contributed by atoms with Crippen LogP contribution in [0.25, 0.3) is 15.4 Å². The highest BCUT2D eigenvalue weighted by molar-refractivity contribution is 7.20. The van der Waals surface area contributed by atoms with Gasteiger partial charge in [0.25, 0.3) is 5.91 Å². The molecule has 4 rings (SSSR count). The van der Waals surface area contributed by atoms with Crippen LogP contribution < -0.4 is 0 Å². The Labute approximate surface area is 133 Å². The number of carbonyl (C=O) groups is 1. The molecule has 1 aliphatic rings. The van der Waals surface area contributed by atoms with E-state index in [4.69, 9.17) is 0 Å². The first-order chi connectivity index (χ1) is 10.8. The van der Waals surface area contributed by atoms with Crippen LogP contribution in [0, 0.1) is 0 Å². The topological polar surface area (TPSA) is 37.6 Å². The Bertz CT molecular complexity index is 768. The summed E-state index contributed by atoms with van der Waals surface area (Å²) in [6.07, 6.45) is 7.34. The zero-order valence-corrected chi connectivity index (χ0v) is 13.1. The average molecular weight is 311 g/mol. The van der Waals surface area contributed by atoms with Crippen LogP contribution >= 0.6 is 11.3 Å². The average Bonchev–Trinajstić information content (AvgIpc) is 3.15. The number of hydrogen-bond donors (Lipinski definition) is 0. The predicted octanol–water partition coefficient (Wildman–Crippen LogP) is 3.69. The van der Waals surface area contributed by atoms with Gasteiger partial charge in [0, 0.05) is 25.5 Å². The molecule has 0 unspecified atom stereocenters. The third kappa shape index (κ3) is 2.41. The third-order valence-electron chi connectivity index (χ3n) is 4.08. The highest BCUT2D eigenvalue weighted by Crippen LogP contribution is 2.28. The molecule has 2 aromatic heterocycles. The molecule has 0 aliphatic carbocycles. The predicted molar refractivity (Wildman–Crippen MR) is 88.3 cm³/mol. The molecule has 0 spiro atoms. The largest absolute Gasteiger partial charge is 0.337 e. The number of likely N-dealkylation sites (tertiary alicyclic amines) is 1. The van der Waals surface area contributed by atoms with Gasteiger partial charge in [-0.15, -0.1) is 0 Å². The van der Waals surface area contributed by atoms with Gasteiger partial charge >= 0.3 is 0 Å². The number of aromatic nitrogens is 2. The van der Waals surface area contributed by atoms with Crippen molar-refractivity contribution in [2.75, 3.05) is 13.1 Å². The molecule has 1 saturated heterocycles. The number of imidazole rings is 1. The van der Waals surface area contributed by atoms with E-state index in [1.807, 2.05) is 33.7 Å². The Hall–Kier alpha value is -2.14. The van der Waals surface area contributed by atoms with Gasteiger partial charge in [0.05, 0.1) is 4.88 Å². The van der Waals surface area contributed by atoms with Gasteiger partial charge < -0.3 is 4.90 Å². The molecule has 0 N–H and O–H groups in total. The lowest BCUT2D eigenvalue weighted by Gasteiger charge is -2.25. The monoisotopic (exact) mass is 311 g/mol. The smallest absolute Gasteiger partial charge is 0.274 e. The van der Waals surface area contributed by atoms with Crippen LogP contribution in [0.1, 0.15) is 29.8 Å². The van der Waals surface area contributed by atoms with Gasteiger partial charge in [0.15, 0.2) is 4.96 Å². The summed E-state index contributed by atoms with van der Waals surface area (Å²) in [5, 5.41) is 0. The van der Waals surface area contributed by atoms with Crippen LogP contribution in [0.15, 0.2) is 42.7 Å². The molecule has 0 atom stereocenters. The number of nitrogens with zero attached hydrogens (tertiary/aromatic N) is 3. The number of thiazole rings is 1. The fourth-order valence-corrected chi connectivity index (χ4v) is 3.87. The van der Waals surface area contributed by atoms with Crippen molar-refractivity contribution in [1.29, 1.82) is 0 Å². The number of hydrogen-bond acceptors (Lipinski definition) is 3. The number of fused-ring (bicyclic) bond motifs is 1. The minimum Gasteiger partial charge on any atom is -0.337 e. The van der Waals surface area contributed by atoms with E-state index in [0.717, 1.165) is 30.9 Å². The molecule has 5 heteroatoms. The molecule has 1 aliphatic heterocycles. The highest BCUT2D eigenvalue weighted by Gasteiger charge is 2.21. The lowest BCUT2D eigenvalue weighted by molar-refractivity contribution is 0.0719. The summed E-state index contributed by atoms with van der Waals surface area (Å²) >= 11 is 1.62. The van der Waals surface area contributed by atoms with E-state index in [1.54, 1.807) is 11.3 Å². The van der Waals surface area contributed by atoms with E-state index in [9.17, 15) is 4.79 Å². The summed E-state index contributed by atoms with van der Waals surface area (Å²) in [6.45, 7) is 1.72. The molecular formula is C17H17N3OS. The molecule has 0 bridgehead atoms. The van der Waals surface area contributed by atoms with Crippen LogP contribution in [0.2, 0.25) is 0 Å². The van der Waals surface area contributed by atoms with E-state index in [1.165, 1.54) is 16.9 Å². The second kappa shape index (κ2) is 5.57. The van der Waals surface area contributed by atoms with Gasteiger partial charge in [0.1, 0.15) is 5.69 Å². The summed E-state index contributed by atoms with van der Waals surface area (Å²) in [6, 6.07) is 10.2. The van der Waals surface area contributed by atoms with Crippen LogP contribution in [0.3, 0.4) is 0 Å². The van der Waals surface area contributed by atoms with Crippen molar-refractivity contribution in [3.8, 4) is 10.4 Å². The van der Waals surface area contributed by atoms with Gasteiger partial charge in [-0.2, -0.15) is 0 Å². The molecule has 0 radical (unpaired) electrons. The molecule has 4 nitrogen and oxygen atoms in total. The van der Waals surface area contributed by atoms with Crippen molar-refractivity contribution in [2.24, 2.45) is 0 Å². The van der Waals surface area contributed by atoms with Gasteiger partial charge in [-0.25, -0.2) is 4.98 Å². The first-order valence-electron chi connectivity index (χ1n) is 7.64. The van der Waals surface area contributed by atoms with Crippen molar-refractivity contribution in [3.05, 3.63) is 48.4 Å². The van der Waals surface area contributed by atoms with Gasteiger partial charge in [-0.1, -0.05) is 41.7 Å². The molecule has 112 valence electrons. The fourth-order valence-electron chi connectivity index (χ4n) is 2.89. The maximum absolute atomic E-state index is 12.5. The standard InChI is InChI=1S/C17H17N3OS/c21-16(19-9-5-2-6-10-19)14-11-20-12-15(22-17(20)18-14)13-7-3-1-4-8-13/h1,3-4,7-8,11-12H,2,5-6,9-10H2. The number of amides is 1. The van der Waals surface area contributed by atoms with Crippen molar-refractivity contribution in [3.63, 3.8) is 0 Å². The van der Waals surface area contributed by atoms with Crippen molar-refractivity contribution in [2.45, 2.75) is 19.3 Å². The fraction of sp³-hybridized carbons (Fsp3) is 0.294. The van der Waals surface area contributed by atoms with E-state index in [0.29, 0.717) is 5.69 Å². The summed E-state index contributed by atoms with van der Waals surface area (Å²) in [4.78, 5) is 21.0. The normalized spacial score (nSPS) is 15.4. The van der Waals surface area contributed by atoms with Crippen molar-refractivity contribution in [1.82, 2.24) is 14.3 Å². The lowest BCUT2D eigenvalue weighted by Crippen LogP contribution is -2.35. The van der Waals surface area contributed by atoms with Crippen LogP contribution in [-0.2, 0) is 0 Å². The first kappa shape index (κ1) is 13.5. The number of benzene rings is 1. The molecule has 3 aromatic rings. The molecular weight excluding hydrogens is 294 g/mol. The molecule has 22 heavy (non-hydrogen) atoms. The molecule has 3 heterocycles. The SMILES string of the molecule is O=C(c1cn2cc(-c3ccccc3)sc2n1)N1CCCCC1. The molecule has 1 aromatic carbocycles. The second-order valence-corrected chi connectivity index (χ2v) is 6.64. The molecule has 0 saturated carbocycles. The van der Waals surface area contributed by atoms with Crippen LogP contribution in [0.5, 0.6) is 0 Å². The number of rotatable bonds is 2. The number of carbonyl (C=O) groups excluding carboxylic acids is 1. The Morgan fingerprint density at radius 1 is 1.05 bits per heavy atom. The maximum atomic E-state index is 12.5. The summed E-state index contributed by atoms with van der Waals surface area (Å²) in [5.74, 6) is 0.0665. The summed E-state index contributed by atoms with van der Waals surface area (Å²) in [5.41, 5.74) is 1.75. The third-order valence-corrected chi connectivity index (χ3v) is 5.12. The van der Waals surface area contributed by atoms with Crippen LogP contribution in [-0.4, -0.2) is 33.3 Å². The van der Waals surface area contributed by atoms with Gasteiger partial charge in [-0.05, 0) is 24.8 Å². The molecule has 1 fully saturated rings. The van der Waals surface area contributed by atoms with E-state index >= 15 is 0 Å². The van der Waals surface area contributed by atoms with Crippen molar-refractivity contribution < 1.29 is 4.79 Å². The molecule has 1 amide bonds. The first-order valence-corrected chi connectivity index (χ1v) is 8.46. The second-order valence-electron chi connectivity index (χ2n) is 5.63. The Balaban J connectivity index is 1.62. The highest BCUT2D eigenvalue weighted by atomic mass is 32.1. The zero-order chi connectivity index (χ0) is 14.9. The van der Waals surface area contributed by atoms with Gasteiger partial charge in [0.2, 0.25) is 0 Å². The minimum atomic E-state index is 0.0665. The minimum absolute atomic E-state index is 0.0665. The van der Waals surface area contributed by atoms with E-state index in [-0.39, 0.29) is 5.91 Å². The van der Waals surface area contributed by atoms with Crippen LogP contribution in [0.4, 0.5) is 0 Å².